The Balaban J connectivity index is 1.34. The Morgan fingerprint density at radius 2 is 1.90 bits per heavy atom. The predicted octanol–water partition coefficient (Wildman–Crippen LogP) is 0.828. The standard InChI is InChI=1S/C27H34N4O9S/c28-18-6-8-20(9-7-18)41(35,36)31(13-19-15-39-26(33)29-19)14-23(32)22(12-17-4-2-1-3-5-17)30-27(34)40-24-16-38-25-21(24)10-11-37-25/h1-9,19,21-25,32H,10-16,28H2,(H,29,33)(H,30,34)/t19-,21+,22+,23-,24+,25-/m1/s1. The molecule has 2 amide bonds. The van der Waals surface area contributed by atoms with Gasteiger partial charge < -0.3 is 40.4 Å². The maximum atomic E-state index is 13.7. The molecule has 3 fully saturated rings. The number of alkyl carbamates (subject to hydrolysis) is 2. The summed E-state index contributed by atoms with van der Waals surface area (Å²) in [5.41, 5.74) is 6.95. The third-order valence-corrected chi connectivity index (χ3v) is 9.23. The molecule has 13 nitrogen and oxygen atoms in total. The van der Waals surface area contributed by atoms with Gasteiger partial charge in [0.15, 0.2) is 6.29 Å². The number of aliphatic hydroxyl groups is 1. The highest BCUT2D eigenvalue weighted by Gasteiger charge is 2.44. The molecule has 0 spiro atoms. The first-order valence-corrected chi connectivity index (χ1v) is 14.8. The summed E-state index contributed by atoms with van der Waals surface area (Å²) in [6, 6.07) is 13.3. The Morgan fingerprint density at radius 1 is 1.15 bits per heavy atom. The van der Waals surface area contributed by atoms with Crippen LogP contribution >= 0.6 is 0 Å². The number of nitrogens with two attached hydrogens (primary N) is 1. The fraction of sp³-hybridized carbons (Fsp3) is 0.481. The van der Waals surface area contributed by atoms with Crippen molar-refractivity contribution in [2.24, 2.45) is 5.92 Å². The quantitative estimate of drug-likeness (QED) is 0.274. The van der Waals surface area contributed by atoms with E-state index in [1.54, 1.807) is 0 Å². The summed E-state index contributed by atoms with van der Waals surface area (Å²) in [5, 5.41) is 16.7. The van der Waals surface area contributed by atoms with Crippen molar-refractivity contribution in [3.8, 4) is 0 Å². The Kier molecular flexibility index (Phi) is 8.94. The second kappa shape index (κ2) is 12.6. The molecular weight excluding hydrogens is 556 g/mol. The molecule has 41 heavy (non-hydrogen) atoms. The number of carbonyl (C=O) groups is 2. The van der Waals surface area contributed by atoms with Crippen molar-refractivity contribution in [3.05, 3.63) is 60.2 Å². The molecule has 0 aliphatic carbocycles. The molecule has 0 saturated carbocycles. The van der Waals surface area contributed by atoms with Crippen LogP contribution in [0.4, 0.5) is 15.3 Å². The minimum absolute atomic E-state index is 0.0317. The van der Waals surface area contributed by atoms with Crippen LogP contribution in [0.25, 0.3) is 0 Å². The number of aliphatic hydroxyl groups excluding tert-OH is 1. The Morgan fingerprint density at radius 3 is 2.61 bits per heavy atom. The third-order valence-electron chi connectivity index (χ3n) is 7.38. The number of sulfonamides is 1. The molecule has 14 heteroatoms. The van der Waals surface area contributed by atoms with Crippen molar-refractivity contribution < 1.29 is 42.1 Å². The average molecular weight is 591 g/mol. The zero-order chi connectivity index (χ0) is 29.0. The molecule has 3 heterocycles. The summed E-state index contributed by atoms with van der Waals surface area (Å²) in [6.07, 6.45) is -2.75. The lowest BCUT2D eigenvalue weighted by Gasteiger charge is -2.31. The molecule has 0 radical (unpaired) electrons. The van der Waals surface area contributed by atoms with Crippen LogP contribution in [0.1, 0.15) is 12.0 Å². The van der Waals surface area contributed by atoms with Crippen molar-refractivity contribution in [3.63, 3.8) is 0 Å². The van der Waals surface area contributed by atoms with Crippen molar-refractivity contribution in [1.82, 2.24) is 14.9 Å². The summed E-state index contributed by atoms with van der Waals surface area (Å²) in [7, 11) is -4.14. The minimum Gasteiger partial charge on any atom is -0.447 e. The molecule has 6 atom stereocenters. The van der Waals surface area contributed by atoms with E-state index in [1.165, 1.54) is 24.3 Å². The summed E-state index contributed by atoms with van der Waals surface area (Å²) < 4.78 is 50.0. The predicted molar refractivity (Wildman–Crippen MR) is 145 cm³/mol. The zero-order valence-corrected chi connectivity index (χ0v) is 23.1. The van der Waals surface area contributed by atoms with Gasteiger partial charge in [0.25, 0.3) is 0 Å². The van der Waals surface area contributed by atoms with E-state index in [1.807, 2.05) is 30.3 Å². The summed E-state index contributed by atoms with van der Waals surface area (Å²) in [4.78, 5) is 24.6. The van der Waals surface area contributed by atoms with Gasteiger partial charge in [-0.05, 0) is 42.7 Å². The van der Waals surface area contributed by atoms with Gasteiger partial charge in [0.1, 0.15) is 12.7 Å². The van der Waals surface area contributed by atoms with Gasteiger partial charge in [-0.3, -0.25) is 0 Å². The van der Waals surface area contributed by atoms with Crippen molar-refractivity contribution in [1.29, 1.82) is 0 Å². The molecule has 0 unspecified atom stereocenters. The fourth-order valence-electron chi connectivity index (χ4n) is 5.19. The van der Waals surface area contributed by atoms with Gasteiger partial charge in [0.05, 0.1) is 42.2 Å². The molecular formula is C27H34N4O9S. The van der Waals surface area contributed by atoms with Crippen LogP contribution in [0.5, 0.6) is 0 Å². The number of fused-ring (bicyclic) bond motifs is 1. The Labute approximate surface area is 237 Å². The van der Waals surface area contributed by atoms with Crippen LogP contribution in [0.3, 0.4) is 0 Å². The van der Waals surface area contributed by atoms with Crippen molar-refractivity contribution in [2.45, 2.75) is 48.3 Å². The SMILES string of the molecule is Nc1ccc(S(=O)(=O)N(C[C@@H]2COC(=O)N2)C[C@@H](O)[C@H](Cc2ccccc2)NC(=O)O[C@H]2CO[C@H]3OCC[C@H]32)cc1. The first-order chi connectivity index (χ1) is 19.7. The van der Waals surface area contributed by atoms with E-state index in [9.17, 15) is 23.1 Å². The first-order valence-electron chi connectivity index (χ1n) is 13.4. The second-order valence-corrected chi connectivity index (χ2v) is 12.2. The molecule has 3 aliphatic heterocycles. The number of nitrogens with zero attached hydrogens (tertiary/aromatic N) is 1. The highest BCUT2D eigenvalue weighted by atomic mass is 32.2. The number of nitrogen functional groups attached to an aromatic ring is 1. The van der Waals surface area contributed by atoms with Gasteiger partial charge in [-0.25, -0.2) is 18.0 Å². The fourth-order valence-corrected chi connectivity index (χ4v) is 6.69. The van der Waals surface area contributed by atoms with Gasteiger partial charge in [-0.2, -0.15) is 4.31 Å². The molecule has 5 N–H and O–H groups in total. The summed E-state index contributed by atoms with van der Waals surface area (Å²) in [6.45, 7) is 0.146. The second-order valence-electron chi connectivity index (χ2n) is 10.3. The van der Waals surface area contributed by atoms with Crippen LogP contribution in [0.2, 0.25) is 0 Å². The number of amides is 2. The van der Waals surface area contributed by atoms with Crippen LogP contribution < -0.4 is 16.4 Å². The molecule has 0 bridgehead atoms. The topological polar surface area (TPSA) is 179 Å². The number of cyclic esters (lactones) is 1. The minimum atomic E-state index is -4.14. The maximum absolute atomic E-state index is 13.7. The lowest BCUT2D eigenvalue weighted by atomic mass is 10.0. The van der Waals surface area contributed by atoms with E-state index in [4.69, 9.17) is 24.7 Å². The van der Waals surface area contributed by atoms with E-state index < -0.39 is 52.8 Å². The van der Waals surface area contributed by atoms with Crippen molar-refractivity contribution >= 4 is 27.9 Å². The average Bonchev–Trinajstić information content (AvgIpc) is 3.68. The summed E-state index contributed by atoms with van der Waals surface area (Å²) >= 11 is 0. The number of nitrogens with one attached hydrogen (secondary N) is 2. The van der Waals surface area contributed by atoms with E-state index in [2.05, 4.69) is 10.6 Å². The zero-order valence-electron chi connectivity index (χ0n) is 22.3. The van der Waals surface area contributed by atoms with E-state index in [0.29, 0.717) is 18.7 Å². The number of hydrogen-bond donors (Lipinski definition) is 4. The van der Waals surface area contributed by atoms with Gasteiger partial charge >= 0.3 is 12.2 Å². The Hall–Kier alpha value is -3.43. The van der Waals surface area contributed by atoms with Crippen LogP contribution in [-0.4, -0.2) is 93.5 Å². The number of hydrogen-bond acceptors (Lipinski definition) is 10. The molecule has 5 rings (SSSR count). The van der Waals surface area contributed by atoms with E-state index in [0.717, 1.165) is 9.87 Å². The third kappa shape index (κ3) is 7.08. The van der Waals surface area contributed by atoms with Crippen molar-refractivity contribution in [2.75, 3.05) is 38.6 Å². The highest BCUT2D eigenvalue weighted by molar-refractivity contribution is 7.89. The largest absolute Gasteiger partial charge is 0.447 e. The highest BCUT2D eigenvalue weighted by Crippen LogP contribution is 2.33. The normalized spacial score (nSPS) is 25.3. The molecule has 2 aromatic carbocycles. The van der Waals surface area contributed by atoms with Gasteiger partial charge in [-0.15, -0.1) is 0 Å². The van der Waals surface area contributed by atoms with Gasteiger partial charge in [-0.1, -0.05) is 30.3 Å². The molecule has 3 aliphatic rings. The van der Waals surface area contributed by atoms with E-state index >= 15 is 0 Å². The van der Waals surface area contributed by atoms with Gasteiger partial charge in [0.2, 0.25) is 10.0 Å². The molecule has 0 aromatic heterocycles. The monoisotopic (exact) mass is 590 g/mol. The van der Waals surface area contributed by atoms with E-state index in [-0.39, 0.29) is 43.5 Å². The smallest absolute Gasteiger partial charge is 0.407 e. The van der Waals surface area contributed by atoms with Gasteiger partial charge in [0, 0.05) is 18.8 Å². The molecule has 222 valence electrons. The molecule has 3 saturated heterocycles. The lowest BCUT2D eigenvalue weighted by Crippen LogP contribution is -2.53. The van der Waals surface area contributed by atoms with Crippen LogP contribution in [-0.2, 0) is 35.4 Å². The number of rotatable bonds is 11. The lowest BCUT2D eigenvalue weighted by molar-refractivity contribution is -0.0907. The number of benzene rings is 2. The van der Waals surface area contributed by atoms with Crippen LogP contribution in [0, 0.1) is 5.92 Å². The Bertz CT molecular complexity index is 1310. The number of anilines is 1. The maximum Gasteiger partial charge on any atom is 0.407 e. The summed E-state index contributed by atoms with van der Waals surface area (Å²) in [5.74, 6) is -0.0670. The van der Waals surface area contributed by atoms with Crippen LogP contribution in [0.15, 0.2) is 59.5 Å². The number of carbonyl (C=O) groups excluding carboxylic acids is 2. The first kappa shape index (κ1) is 29.1. The molecule has 2 aromatic rings. The number of ether oxygens (including phenoxy) is 4.